The molecule has 1 saturated heterocycles. The molecule has 0 spiro atoms. The number of rotatable bonds is 3. The van der Waals surface area contributed by atoms with Gasteiger partial charge in [-0.25, -0.2) is 4.39 Å². The Labute approximate surface area is 113 Å². The van der Waals surface area contributed by atoms with Crippen LogP contribution in [0.1, 0.15) is 24.9 Å². The van der Waals surface area contributed by atoms with Crippen LogP contribution >= 0.6 is 15.9 Å². The van der Waals surface area contributed by atoms with Crippen molar-refractivity contribution < 1.29 is 9.18 Å². The van der Waals surface area contributed by atoms with E-state index in [1.165, 1.54) is 6.07 Å². The average molecular weight is 314 g/mol. The first-order valence-corrected chi connectivity index (χ1v) is 6.48. The molecule has 1 fully saturated rings. The zero-order chi connectivity index (χ0) is 13.1. The molecular weight excluding hydrogens is 301 g/mol. The van der Waals surface area contributed by atoms with Gasteiger partial charge in [0.25, 0.3) is 5.91 Å². The van der Waals surface area contributed by atoms with Crippen LogP contribution in [0.25, 0.3) is 0 Å². The van der Waals surface area contributed by atoms with E-state index in [0.29, 0.717) is 22.5 Å². The van der Waals surface area contributed by atoms with Crippen LogP contribution in [0, 0.1) is 5.82 Å². The van der Waals surface area contributed by atoms with E-state index in [-0.39, 0.29) is 11.7 Å². The minimum atomic E-state index is -0.516. The van der Waals surface area contributed by atoms with Gasteiger partial charge in [0, 0.05) is 6.54 Å². The van der Waals surface area contributed by atoms with Gasteiger partial charge in [-0.2, -0.15) is 0 Å². The Morgan fingerprint density at radius 3 is 2.94 bits per heavy atom. The molecule has 0 bridgehead atoms. The van der Waals surface area contributed by atoms with Gasteiger partial charge in [0.15, 0.2) is 5.96 Å². The minimum Gasteiger partial charge on any atom is -0.340 e. The summed E-state index contributed by atoms with van der Waals surface area (Å²) in [5, 5.41) is 5.65. The molecule has 1 aliphatic heterocycles. The number of nitrogens with zero attached hydrogens (tertiary/aromatic N) is 1. The lowest BCUT2D eigenvalue weighted by Crippen LogP contribution is -2.25. The molecule has 4 nitrogen and oxygen atoms in total. The summed E-state index contributed by atoms with van der Waals surface area (Å²) >= 11 is 3.11. The third-order valence-electron chi connectivity index (χ3n) is 2.56. The molecule has 2 N–H and O–H groups in total. The first kappa shape index (κ1) is 13.0. The highest BCUT2D eigenvalue weighted by Crippen LogP contribution is 2.23. The highest BCUT2D eigenvalue weighted by molar-refractivity contribution is 9.10. The Bertz CT molecular complexity index is 504. The first-order chi connectivity index (χ1) is 8.61. The van der Waals surface area contributed by atoms with Crippen molar-refractivity contribution >= 4 is 27.8 Å². The van der Waals surface area contributed by atoms with Gasteiger partial charge in [0.05, 0.1) is 4.47 Å². The maximum absolute atomic E-state index is 13.1. The lowest BCUT2D eigenvalue weighted by Gasteiger charge is -2.08. The van der Waals surface area contributed by atoms with Crippen LogP contribution in [0.5, 0.6) is 0 Å². The molecule has 96 valence electrons. The molecule has 1 aromatic rings. The lowest BCUT2D eigenvalue weighted by molar-refractivity contribution is -0.120. The maximum Gasteiger partial charge on any atom is 0.253 e. The topological polar surface area (TPSA) is 53.5 Å². The van der Waals surface area contributed by atoms with Gasteiger partial charge in [-0.15, -0.1) is 0 Å². The monoisotopic (exact) mass is 313 g/mol. The standard InChI is InChI=1S/C12H13BrFN3O/c1-2-5-15-12-16-10(11(18)17-12)7-3-4-9(14)8(13)6-7/h3-4,6,10H,2,5H2,1H3,(H2,15,16,17,18). The van der Waals surface area contributed by atoms with E-state index >= 15 is 0 Å². The molecule has 18 heavy (non-hydrogen) atoms. The number of aliphatic imine (C=N–C) groups is 1. The Hall–Kier alpha value is -1.43. The molecule has 6 heteroatoms. The number of hydrogen-bond donors (Lipinski definition) is 2. The van der Waals surface area contributed by atoms with Crippen LogP contribution in [0.2, 0.25) is 0 Å². The number of benzene rings is 1. The summed E-state index contributed by atoms with van der Waals surface area (Å²) in [7, 11) is 0. The maximum atomic E-state index is 13.1. The van der Waals surface area contributed by atoms with Gasteiger partial charge in [-0.3, -0.25) is 15.1 Å². The molecule has 2 rings (SSSR count). The van der Waals surface area contributed by atoms with Gasteiger partial charge >= 0.3 is 0 Å². The quantitative estimate of drug-likeness (QED) is 0.898. The zero-order valence-electron chi connectivity index (χ0n) is 9.84. The molecule has 0 aromatic heterocycles. The van der Waals surface area contributed by atoms with Crippen molar-refractivity contribution in [2.24, 2.45) is 4.99 Å². The Morgan fingerprint density at radius 2 is 2.28 bits per heavy atom. The number of carbonyl (C=O) groups is 1. The molecule has 1 unspecified atom stereocenters. The van der Waals surface area contributed by atoms with Gasteiger partial charge in [-0.1, -0.05) is 13.0 Å². The summed E-state index contributed by atoms with van der Waals surface area (Å²) in [6.45, 7) is 2.66. The van der Waals surface area contributed by atoms with Gasteiger partial charge < -0.3 is 5.32 Å². The van der Waals surface area contributed by atoms with Crippen LogP contribution in [0.15, 0.2) is 27.7 Å². The largest absolute Gasteiger partial charge is 0.340 e. The molecule has 0 aliphatic carbocycles. The minimum absolute atomic E-state index is 0.177. The first-order valence-electron chi connectivity index (χ1n) is 5.68. The van der Waals surface area contributed by atoms with Crippen molar-refractivity contribution in [3.05, 3.63) is 34.1 Å². The molecule has 0 radical (unpaired) electrons. The highest BCUT2D eigenvalue weighted by Gasteiger charge is 2.29. The Balaban J connectivity index is 2.19. The number of nitrogens with one attached hydrogen (secondary N) is 2. The number of carbonyl (C=O) groups excluding carboxylic acids is 1. The zero-order valence-corrected chi connectivity index (χ0v) is 11.4. The van der Waals surface area contributed by atoms with E-state index in [9.17, 15) is 9.18 Å². The van der Waals surface area contributed by atoms with Crippen molar-refractivity contribution in [1.82, 2.24) is 10.6 Å². The molecular formula is C12H13BrFN3O. The third kappa shape index (κ3) is 2.69. The predicted octanol–water partition coefficient (Wildman–Crippen LogP) is 2.11. The molecule has 1 atom stereocenters. The van der Waals surface area contributed by atoms with Gasteiger partial charge in [-0.05, 0) is 40.0 Å². The number of hydrogen-bond acceptors (Lipinski definition) is 2. The van der Waals surface area contributed by atoms with Gasteiger partial charge in [0.2, 0.25) is 0 Å². The molecule has 1 aromatic carbocycles. The second-order valence-electron chi connectivity index (χ2n) is 3.97. The van der Waals surface area contributed by atoms with Crippen molar-refractivity contribution in [2.75, 3.05) is 6.54 Å². The molecule has 1 heterocycles. The number of amides is 1. The smallest absolute Gasteiger partial charge is 0.253 e. The fourth-order valence-corrected chi connectivity index (χ4v) is 2.06. The Morgan fingerprint density at radius 1 is 1.50 bits per heavy atom. The van der Waals surface area contributed by atoms with Crippen LogP contribution in [-0.4, -0.2) is 18.4 Å². The second-order valence-corrected chi connectivity index (χ2v) is 4.82. The summed E-state index contributed by atoms with van der Waals surface area (Å²) in [5.41, 5.74) is 0.697. The van der Waals surface area contributed by atoms with Gasteiger partial charge in [0.1, 0.15) is 11.9 Å². The fraction of sp³-hybridized carbons (Fsp3) is 0.333. The fourth-order valence-electron chi connectivity index (χ4n) is 1.66. The van der Waals surface area contributed by atoms with E-state index in [4.69, 9.17) is 0 Å². The summed E-state index contributed by atoms with van der Waals surface area (Å²) in [6.07, 6.45) is 0.911. The van der Waals surface area contributed by atoms with Crippen molar-refractivity contribution in [2.45, 2.75) is 19.4 Å². The Kier molecular flexibility index (Phi) is 3.96. The summed E-state index contributed by atoms with van der Waals surface area (Å²) in [5.74, 6) is -0.0484. The van der Waals surface area contributed by atoms with E-state index in [0.717, 1.165) is 6.42 Å². The van der Waals surface area contributed by atoms with Crippen molar-refractivity contribution in [3.8, 4) is 0 Å². The van der Waals surface area contributed by atoms with Crippen molar-refractivity contribution in [1.29, 1.82) is 0 Å². The lowest BCUT2D eigenvalue weighted by atomic mass is 10.1. The predicted molar refractivity (Wildman–Crippen MR) is 70.7 cm³/mol. The van der Waals surface area contributed by atoms with E-state index < -0.39 is 6.04 Å². The second kappa shape index (κ2) is 5.48. The average Bonchev–Trinajstić information content (AvgIpc) is 2.71. The summed E-state index contributed by atoms with van der Waals surface area (Å²) < 4.78 is 13.5. The SMILES string of the molecule is CCCN=C1NC(=O)C(c2ccc(F)c(Br)c2)N1. The van der Waals surface area contributed by atoms with E-state index in [2.05, 4.69) is 31.6 Å². The number of guanidine groups is 1. The van der Waals surface area contributed by atoms with E-state index in [1.807, 2.05) is 6.92 Å². The summed E-state index contributed by atoms with van der Waals surface area (Å²) in [6, 6.07) is 3.99. The van der Waals surface area contributed by atoms with Crippen LogP contribution in [-0.2, 0) is 4.79 Å². The normalized spacial score (nSPS) is 20.9. The summed E-state index contributed by atoms with van der Waals surface area (Å²) in [4.78, 5) is 16.0. The highest BCUT2D eigenvalue weighted by atomic mass is 79.9. The van der Waals surface area contributed by atoms with Crippen molar-refractivity contribution in [3.63, 3.8) is 0 Å². The van der Waals surface area contributed by atoms with Crippen LogP contribution in [0.4, 0.5) is 4.39 Å². The molecule has 1 aliphatic rings. The van der Waals surface area contributed by atoms with Crippen LogP contribution < -0.4 is 10.6 Å². The molecule has 0 saturated carbocycles. The van der Waals surface area contributed by atoms with E-state index in [1.54, 1.807) is 12.1 Å². The van der Waals surface area contributed by atoms with Crippen LogP contribution in [0.3, 0.4) is 0 Å². The number of halogens is 2. The third-order valence-corrected chi connectivity index (χ3v) is 3.16. The molecule has 1 amide bonds.